The zero-order valence-corrected chi connectivity index (χ0v) is 22.4. The number of H-pyrrole nitrogens is 1. The number of unbranched alkanes of at least 4 members (excludes halogenated alkanes) is 3. The summed E-state index contributed by atoms with van der Waals surface area (Å²) in [5.41, 5.74) is 9.63. The Morgan fingerprint density at radius 2 is 2.05 bits per heavy atom. The van der Waals surface area contributed by atoms with Gasteiger partial charge in [-0.1, -0.05) is 80.2 Å². The second kappa shape index (κ2) is 14.6. The first-order valence-corrected chi connectivity index (χ1v) is 13.2. The van der Waals surface area contributed by atoms with Crippen LogP contribution in [0.3, 0.4) is 0 Å². The highest BCUT2D eigenvalue weighted by Gasteiger charge is 2.13. The number of aryl methyl sites for hydroxylation is 1. The number of nitriles is 1. The molecular weight excluding hydrogens is 452 g/mol. The molecular formula is C33H38N4. The molecule has 0 bridgehead atoms. The van der Waals surface area contributed by atoms with Gasteiger partial charge < -0.3 is 0 Å². The van der Waals surface area contributed by atoms with Crippen molar-refractivity contribution in [1.82, 2.24) is 15.2 Å². The van der Waals surface area contributed by atoms with Gasteiger partial charge in [0.15, 0.2) is 0 Å². The summed E-state index contributed by atoms with van der Waals surface area (Å²) in [4.78, 5) is 4.66. The molecule has 3 rings (SSSR count). The van der Waals surface area contributed by atoms with Gasteiger partial charge in [-0.3, -0.25) is 10.1 Å². The van der Waals surface area contributed by atoms with Crippen molar-refractivity contribution in [2.45, 2.75) is 65.7 Å². The van der Waals surface area contributed by atoms with Crippen LogP contribution in [0.5, 0.6) is 0 Å². The number of nitrogens with one attached hydrogen (secondary N) is 1. The normalized spacial score (nSPS) is 18.6. The maximum absolute atomic E-state index is 8.84. The number of allylic oxidation sites excluding steroid dienone is 13. The van der Waals surface area contributed by atoms with E-state index in [1.54, 1.807) is 0 Å². The van der Waals surface area contributed by atoms with Crippen LogP contribution in [-0.2, 0) is 0 Å². The minimum atomic E-state index is 0.635. The van der Waals surface area contributed by atoms with Gasteiger partial charge in [0.1, 0.15) is 0 Å². The quantitative estimate of drug-likeness (QED) is 0.252. The summed E-state index contributed by atoms with van der Waals surface area (Å²) < 4.78 is 0. The Labute approximate surface area is 222 Å². The Hall–Kier alpha value is -3.97. The van der Waals surface area contributed by atoms with Gasteiger partial charge in [-0.05, 0) is 80.4 Å². The largest absolute Gasteiger partial charge is 0.276 e. The van der Waals surface area contributed by atoms with Crippen molar-refractivity contribution in [2.24, 2.45) is 0 Å². The highest BCUT2D eigenvalue weighted by atomic mass is 15.1. The van der Waals surface area contributed by atoms with E-state index in [2.05, 4.69) is 90.3 Å². The molecule has 0 saturated carbocycles. The first-order valence-electron chi connectivity index (χ1n) is 13.2. The Morgan fingerprint density at radius 1 is 1.19 bits per heavy atom. The predicted octanol–water partition coefficient (Wildman–Crippen LogP) is 8.92. The number of hydrogen-bond acceptors (Lipinski definition) is 3. The van der Waals surface area contributed by atoms with E-state index < -0.39 is 0 Å². The number of rotatable bonds is 11. The summed E-state index contributed by atoms with van der Waals surface area (Å²) in [7, 11) is 0. The van der Waals surface area contributed by atoms with Crippen molar-refractivity contribution in [2.75, 3.05) is 0 Å². The summed E-state index contributed by atoms with van der Waals surface area (Å²) in [6.45, 7) is 10.7. The standard InChI is InChI=1S/C33H38N4/c1-5-7-14-28(15-9-8-10-21-34)22-27(6-2)23-30-17-12-16-29(20-19-25(30)3)31-24-35-37-33(31)32-18-11-13-26(4)36-32/h6,11-14,16-20,23-24H,3,5,7-10,15,22H2,1-2,4H3,(H,35,37)/b17-12+,20-19-,27-6-,28-14+,29-16-,30-23-. The highest BCUT2D eigenvalue weighted by molar-refractivity contribution is 5.84. The van der Waals surface area contributed by atoms with E-state index in [9.17, 15) is 0 Å². The topological polar surface area (TPSA) is 65.4 Å². The van der Waals surface area contributed by atoms with Crippen LogP contribution in [0.1, 0.15) is 70.1 Å². The van der Waals surface area contributed by atoms with Crippen LogP contribution < -0.4 is 0 Å². The third-order valence-corrected chi connectivity index (χ3v) is 6.38. The number of pyridine rings is 1. The van der Waals surface area contributed by atoms with Gasteiger partial charge in [-0.25, -0.2) is 0 Å². The van der Waals surface area contributed by atoms with Crippen molar-refractivity contribution in [3.8, 4) is 17.5 Å². The number of aromatic nitrogens is 3. The Bertz CT molecular complexity index is 1300. The molecule has 2 heterocycles. The van der Waals surface area contributed by atoms with Gasteiger partial charge in [0.25, 0.3) is 0 Å². The smallest absolute Gasteiger partial charge is 0.0912 e. The van der Waals surface area contributed by atoms with Crippen molar-refractivity contribution in [3.05, 3.63) is 113 Å². The van der Waals surface area contributed by atoms with Crippen LogP contribution in [0.4, 0.5) is 0 Å². The molecule has 2 aromatic rings. The van der Waals surface area contributed by atoms with E-state index in [4.69, 9.17) is 5.26 Å². The molecule has 0 amide bonds. The molecule has 0 atom stereocenters. The Kier molecular flexibility index (Phi) is 10.9. The molecule has 0 radical (unpaired) electrons. The fourth-order valence-electron chi connectivity index (χ4n) is 4.27. The number of nitrogens with zero attached hydrogens (tertiary/aromatic N) is 3. The van der Waals surface area contributed by atoms with Gasteiger partial charge in [0.05, 0.1) is 23.7 Å². The van der Waals surface area contributed by atoms with Crippen LogP contribution in [-0.4, -0.2) is 15.2 Å². The van der Waals surface area contributed by atoms with Crippen LogP contribution in [0.15, 0.2) is 102 Å². The van der Waals surface area contributed by atoms with E-state index in [-0.39, 0.29) is 0 Å². The molecule has 4 nitrogen and oxygen atoms in total. The van der Waals surface area contributed by atoms with Gasteiger partial charge in [0.2, 0.25) is 0 Å². The second-order valence-corrected chi connectivity index (χ2v) is 9.32. The fourth-order valence-corrected chi connectivity index (χ4v) is 4.27. The first-order chi connectivity index (χ1) is 18.0. The molecule has 0 saturated heterocycles. The minimum absolute atomic E-state index is 0.635. The molecule has 37 heavy (non-hydrogen) atoms. The summed E-state index contributed by atoms with van der Waals surface area (Å²) in [5.74, 6) is 0. The highest BCUT2D eigenvalue weighted by Crippen LogP contribution is 2.29. The molecule has 190 valence electrons. The molecule has 0 spiro atoms. The minimum Gasteiger partial charge on any atom is -0.276 e. The molecule has 1 aliphatic rings. The van der Waals surface area contributed by atoms with Crippen molar-refractivity contribution in [1.29, 1.82) is 5.26 Å². The van der Waals surface area contributed by atoms with Crippen molar-refractivity contribution >= 4 is 5.57 Å². The summed E-state index contributed by atoms with van der Waals surface area (Å²) in [6, 6.07) is 8.26. The van der Waals surface area contributed by atoms with Crippen LogP contribution in [0.25, 0.3) is 17.0 Å². The van der Waals surface area contributed by atoms with Crippen LogP contribution in [0, 0.1) is 18.3 Å². The third kappa shape index (κ3) is 8.29. The Morgan fingerprint density at radius 3 is 2.81 bits per heavy atom. The van der Waals surface area contributed by atoms with E-state index in [1.807, 2.05) is 31.3 Å². The average molecular weight is 491 g/mol. The summed E-state index contributed by atoms with van der Waals surface area (Å²) in [6.07, 6.45) is 26.0. The van der Waals surface area contributed by atoms with E-state index in [0.29, 0.717) is 6.42 Å². The maximum Gasteiger partial charge on any atom is 0.0912 e. The molecule has 4 heteroatoms. The molecule has 0 unspecified atom stereocenters. The van der Waals surface area contributed by atoms with Gasteiger partial charge in [-0.2, -0.15) is 10.4 Å². The summed E-state index contributed by atoms with van der Waals surface area (Å²) >= 11 is 0. The monoisotopic (exact) mass is 490 g/mol. The zero-order chi connectivity index (χ0) is 26.5. The lowest BCUT2D eigenvalue weighted by atomic mass is 9.93. The molecule has 0 aliphatic heterocycles. The molecule has 0 aromatic carbocycles. The van der Waals surface area contributed by atoms with E-state index in [0.717, 1.165) is 77.9 Å². The predicted molar refractivity (Wildman–Crippen MR) is 155 cm³/mol. The summed E-state index contributed by atoms with van der Waals surface area (Å²) in [5, 5.41) is 16.3. The van der Waals surface area contributed by atoms with Gasteiger partial charge in [-0.15, -0.1) is 0 Å². The molecule has 0 fully saturated rings. The van der Waals surface area contributed by atoms with Gasteiger partial charge >= 0.3 is 0 Å². The lowest BCUT2D eigenvalue weighted by Crippen LogP contribution is -1.93. The number of hydrogen-bond donors (Lipinski definition) is 1. The van der Waals surface area contributed by atoms with Crippen LogP contribution in [0.2, 0.25) is 0 Å². The maximum atomic E-state index is 8.84. The lowest BCUT2D eigenvalue weighted by Gasteiger charge is -2.12. The third-order valence-electron chi connectivity index (χ3n) is 6.38. The second-order valence-electron chi connectivity index (χ2n) is 9.32. The SMILES string of the molecule is C=C1\C=C/C(c2cn[nH]c2-c2cccc(C)n2)=C/C=C/C1=C/C(=C\C)C/C(=C/CCC)CCCCC#N. The average Bonchev–Trinajstić information content (AvgIpc) is 3.38. The lowest BCUT2D eigenvalue weighted by molar-refractivity contribution is 0.731. The fraction of sp³-hybridized carbons (Fsp3) is 0.303. The molecule has 1 aliphatic carbocycles. The number of aromatic amines is 1. The van der Waals surface area contributed by atoms with E-state index in [1.165, 1.54) is 11.1 Å². The van der Waals surface area contributed by atoms with Crippen molar-refractivity contribution in [3.63, 3.8) is 0 Å². The van der Waals surface area contributed by atoms with Crippen molar-refractivity contribution < 1.29 is 0 Å². The molecule has 1 N–H and O–H groups in total. The van der Waals surface area contributed by atoms with Gasteiger partial charge in [0, 0.05) is 17.7 Å². The first kappa shape index (κ1) is 27.6. The zero-order valence-electron chi connectivity index (χ0n) is 22.4. The van der Waals surface area contributed by atoms with E-state index >= 15 is 0 Å². The van der Waals surface area contributed by atoms with Crippen LogP contribution >= 0.6 is 0 Å². The Balaban J connectivity index is 1.80. The molecule has 2 aromatic heterocycles.